The van der Waals surface area contributed by atoms with Gasteiger partial charge >= 0.3 is 12.2 Å². The number of aromatic nitrogens is 4. The molecule has 2 heterocycles. The Balaban J connectivity index is 1.10. The summed E-state index contributed by atoms with van der Waals surface area (Å²) in [5, 5.41) is 8.98. The number of benzene rings is 5. The lowest BCUT2D eigenvalue weighted by Gasteiger charge is -2.13. The highest BCUT2D eigenvalue weighted by atomic mass is 32.1. The molecule has 232 valence electrons. The van der Waals surface area contributed by atoms with Gasteiger partial charge in [0.25, 0.3) is 0 Å². The monoisotopic (exact) mass is 646 g/mol. The van der Waals surface area contributed by atoms with Crippen molar-refractivity contribution in [2.45, 2.75) is 25.4 Å². The molecule has 1 aliphatic rings. The largest absolute Gasteiger partial charge is 0.424 e. The highest BCUT2D eigenvalue weighted by Gasteiger charge is 2.30. The average Bonchev–Trinajstić information content (AvgIpc) is 3.70. The van der Waals surface area contributed by atoms with Crippen LogP contribution in [0, 0.1) is 0 Å². The summed E-state index contributed by atoms with van der Waals surface area (Å²) in [7, 11) is 0. The van der Waals surface area contributed by atoms with Crippen LogP contribution >= 0.6 is 11.3 Å². The second-order valence-electron chi connectivity index (χ2n) is 11.2. The lowest BCUT2D eigenvalue weighted by molar-refractivity contribution is -0.137. The van der Waals surface area contributed by atoms with Crippen molar-refractivity contribution in [3.05, 3.63) is 120 Å². The predicted octanol–water partition coefficient (Wildman–Crippen LogP) is 10.1. The molecule has 7 aromatic rings. The first kappa shape index (κ1) is 28.9. The summed E-state index contributed by atoms with van der Waals surface area (Å²) >= 11 is 1.66. The molecule has 0 amide bonds. The van der Waals surface area contributed by atoms with Gasteiger partial charge in [0, 0.05) is 22.3 Å². The number of anilines is 4. The van der Waals surface area contributed by atoms with E-state index in [4.69, 9.17) is 9.72 Å². The van der Waals surface area contributed by atoms with Crippen LogP contribution in [0.1, 0.15) is 23.1 Å². The van der Waals surface area contributed by atoms with Crippen molar-refractivity contribution in [1.29, 1.82) is 0 Å². The zero-order valence-electron chi connectivity index (χ0n) is 24.7. The number of nitrogens with one attached hydrogen (secondary N) is 2. The van der Waals surface area contributed by atoms with Gasteiger partial charge in [0.2, 0.25) is 11.9 Å². The third-order valence-corrected chi connectivity index (χ3v) is 9.08. The van der Waals surface area contributed by atoms with Gasteiger partial charge in [-0.25, -0.2) is 4.98 Å². The molecule has 11 heteroatoms. The van der Waals surface area contributed by atoms with Crippen molar-refractivity contribution in [1.82, 2.24) is 19.9 Å². The van der Waals surface area contributed by atoms with Gasteiger partial charge in [-0.1, -0.05) is 42.5 Å². The first-order chi connectivity index (χ1) is 22.8. The molecule has 0 fully saturated rings. The second kappa shape index (κ2) is 11.7. The van der Waals surface area contributed by atoms with Crippen LogP contribution in [-0.4, -0.2) is 19.9 Å². The normalized spacial score (nSPS) is 12.7. The van der Waals surface area contributed by atoms with Gasteiger partial charge < -0.3 is 15.4 Å². The van der Waals surface area contributed by atoms with Crippen LogP contribution < -0.4 is 15.4 Å². The SMILES string of the molecule is FC(F)(F)c1cccc(Nc2nc(Nc3cccc4ccccc34)nc(Oc3ccc(-c4nc5cc6c(cc5s4)CCC6)cc3)n2)c1. The van der Waals surface area contributed by atoms with Crippen molar-refractivity contribution >= 4 is 55.6 Å². The summed E-state index contributed by atoms with van der Waals surface area (Å²) in [5.74, 6) is 0.634. The minimum Gasteiger partial charge on any atom is -0.424 e. The number of ether oxygens (including phenoxy) is 1. The molecule has 0 aliphatic heterocycles. The number of hydrogen-bond acceptors (Lipinski definition) is 8. The lowest BCUT2D eigenvalue weighted by Crippen LogP contribution is -2.07. The summed E-state index contributed by atoms with van der Waals surface area (Å²) in [6.07, 6.45) is -1.06. The number of nitrogens with zero attached hydrogens (tertiary/aromatic N) is 4. The zero-order valence-corrected chi connectivity index (χ0v) is 25.5. The Morgan fingerprint density at radius 1 is 0.702 bits per heavy atom. The van der Waals surface area contributed by atoms with Gasteiger partial charge in [0.1, 0.15) is 10.8 Å². The molecule has 47 heavy (non-hydrogen) atoms. The van der Waals surface area contributed by atoms with Crippen molar-refractivity contribution in [2.24, 2.45) is 0 Å². The van der Waals surface area contributed by atoms with Crippen LogP contribution in [0.4, 0.5) is 36.4 Å². The smallest absolute Gasteiger partial charge is 0.416 e. The molecule has 0 unspecified atom stereocenters. The number of halogens is 3. The van der Waals surface area contributed by atoms with E-state index < -0.39 is 11.7 Å². The van der Waals surface area contributed by atoms with Gasteiger partial charge in [0.15, 0.2) is 0 Å². The van der Waals surface area contributed by atoms with Crippen LogP contribution in [0.2, 0.25) is 0 Å². The third kappa shape index (κ3) is 6.05. The molecule has 8 rings (SSSR count). The molecule has 0 saturated carbocycles. The Morgan fingerprint density at radius 2 is 1.45 bits per heavy atom. The quantitative estimate of drug-likeness (QED) is 0.178. The minimum atomic E-state index is -4.50. The number of hydrogen-bond donors (Lipinski definition) is 2. The summed E-state index contributed by atoms with van der Waals surface area (Å²) in [6.45, 7) is 0. The highest BCUT2D eigenvalue weighted by Crippen LogP contribution is 2.36. The molecular formula is C36H25F3N6OS. The van der Waals surface area contributed by atoms with E-state index in [1.807, 2.05) is 66.7 Å². The van der Waals surface area contributed by atoms with Crippen LogP contribution in [0.15, 0.2) is 103 Å². The van der Waals surface area contributed by atoms with E-state index in [0.29, 0.717) is 5.75 Å². The van der Waals surface area contributed by atoms with Crippen LogP contribution in [-0.2, 0) is 19.0 Å². The number of rotatable bonds is 7. The maximum atomic E-state index is 13.4. The third-order valence-electron chi connectivity index (χ3n) is 8.01. The fourth-order valence-electron chi connectivity index (χ4n) is 5.76. The Hall–Kier alpha value is -5.55. The molecule has 2 aromatic heterocycles. The fourth-order valence-corrected chi connectivity index (χ4v) is 6.78. The molecule has 0 atom stereocenters. The van der Waals surface area contributed by atoms with Gasteiger partial charge in [-0.3, -0.25) is 0 Å². The standard InChI is InChI=1S/C36H25F3N6OS/c37-36(38,39)25-10-5-11-26(20-25)40-33-43-34(42-29-13-4-7-21-6-1-2-12-28(21)29)45-35(44-33)46-27-16-14-22(15-17-27)32-41-30-18-23-8-3-9-24(23)19-31(30)47-32/h1-2,4-7,10-20H,3,8-9H2,(H2,40,42,43,44,45). The molecule has 1 aliphatic carbocycles. The van der Waals surface area contributed by atoms with E-state index in [2.05, 4.69) is 37.7 Å². The molecule has 0 bridgehead atoms. The maximum Gasteiger partial charge on any atom is 0.416 e. The molecule has 5 aromatic carbocycles. The van der Waals surface area contributed by atoms with Crippen LogP contribution in [0.3, 0.4) is 0 Å². The number of aryl methyl sites for hydroxylation is 2. The molecule has 0 saturated heterocycles. The lowest BCUT2D eigenvalue weighted by atomic mass is 10.1. The predicted molar refractivity (Wildman–Crippen MR) is 179 cm³/mol. The van der Waals surface area contributed by atoms with Gasteiger partial charge in [-0.05, 0) is 96.4 Å². The van der Waals surface area contributed by atoms with Gasteiger partial charge in [-0.15, -0.1) is 11.3 Å². The van der Waals surface area contributed by atoms with E-state index in [-0.39, 0.29) is 23.6 Å². The Bertz CT molecular complexity index is 2220. The first-order valence-electron chi connectivity index (χ1n) is 15.0. The molecule has 0 spiro atoms. The topological polar surface area (TPSA) is 84.9 Å². The maximum absolute atomic E-state index is 13.4. The van der Waals surface area contributed by atoms with E-state index in [1.54, 1.807) is 11.3 Å². The van der Waals surface area contributed by atoms with E-state index in [9.17, 15) is 13.2 Å². The van der Waals surface area contributed by atoms with Crippen molar-refractivity contribution < 1.29 is 17.9 Å². The summed E-state index contributed by atoms with van der Waals surface area (Å²) < 4.78 is 47.4. The minimum absolute atomic E-state index is 0.00931. The Kier molecular flexibility index (Phi) is 7.17. The second-order valence-corrected chi connectivity index (χ2v) is 12.2. The Morgan fingerprint density at radius 3 is 2.28 bits per heavy atom. The molecule has 2 N–H and O–H groups in total. The number of fused-ring (bicyclic) bond motifs is 3. The Labute approximate surface area is 271 Å². The highest BCUT2D eigenvalue weighted by molar-refractivity contribution is 7.21. The summed E-state index contributed by atoms with van der Waals surface area (Å²) in [5.41, 5.74) is 4.91. The molecular weight excluding hydrogens is 621 g/mol. The zero-order chi connectivity index (χ0) is 32.0. The number of thiazole rings is 1. The van der Waals surface area contributed by atoms with E-state index >= 15 is 0 Å². The molecule has 7 nitrogen and oxygen atoms in total. The van der Waals surface area contributed by atoms with E-state index in [0.717, 1.165) is 57.5 Å². The first-order valence-corrected chi connectivity index (χ1v) is 15.8. The summed E-state index contributed by atoms with van der Waals surface area (Å²) in [4.78, 5) is 18.2. The van der Waals surface area contributed by atoms with Crippen LogP contribution in [0.25, 0.3) is 31.6 Å². The van der Waals surface area contributed by atoms with Gasteiger partial charge in [-0.2, -0.15) is 28.1 Å². The molecule has 0 radical (unpaired) electrons. The van der Waals surface area contributed by atoms with Crippen LogP contribution in [0.5, 0.6) is 11.8 Å². The van der Waals surface area contributed by atoms with Gasteiger partial charge in [0.05, 0.1) is 15.8 Å². The van der Waals surface area contributed by atoms with Crippen molar-refractivity contribution in [3.63, 3.8) is 0 Å². The average molecular weight is 647 g/mol. The number of alkyl halides is 3. The summed E-state index contributed by atoms with van der Waals surface area (Å²) in [6, 6.07) is 30.4. The van der Waals surface area contributed by atoms with Crippen molar-refractivity contribution in [2.75, 3.05) is 10.6 Å². The van der Waals surface area contributed by atoms with Crippen molar-refractivity contribution in [3.8, 4) is 22.3 Å². The van der Waals surface area contributed by atoms with E-state index in [1.165, 1.54) is 34.4 Å². The fraction of sp³-hybridized carbons (Fsp3) is 0.111.